The summed E-state index contributed by atoms with van der Waals surface area (Å²) >= 11 is 0.722. The molecule has 0 bridgehead atoms. The van der Waals surface area contributed by atoms with Crippen LogP contribution in [-0.2, 0) is 6.42 Å². The van der Waals surface area contributed by atoms with Gasteiger partial charge in [0.15, 0.2) is 0 Å². The summed E-state index contributed by atoms with van der Waals surface area (Å²) in [4.78, 5) is -0.183. The van der Waals surface area contributed by atoms with Crippen LogP contribution in [0.25, 0.3) is 0 Å². The van der Waals surface area contributed by atoms with Crippen molar-refractivity contribution in [1.82, 2.24) is 0 Å². The maximum atomic E-state index is 12.2. The second kappa shape index (κ2) is 3.92. The summed E-state index contributed by atoms with van der Waals surface area (Å²) in [6.07, 6.45) is -13.0. The quantitative estimate of drug-likeness (QED) is 0.813. The molecule has 0 amide bonds. The molecular formula is C8H6F6OS. The van der Waals surface area contributed by atoms with E-state index in [-0.39, 0.29) is 4.88 Å². The van der Waals surface area contributed by atoms with Crippen molar-refractivity contribution in [3.63, 3.8) is 0 Å². The van der Waals surface area contributed by atoms with Crippen molar-refractivity contribution in [2.45, 2.75) is 24.4 Å². The second-order valence-corrected chi connectivity index (χ2v) is 4.14. The molecule has 0 spiro atoms. The van der Waals surface area contributed by atoms with Crippen molar-refractivity contribution in [2.24, 2.45) is 0 Å². The molecular weight excluding hydrogens is 258 g/mol. The molecule has 0 aliphatic heterocycles. The maximum absolute atomic E-state index is 12.2. The second-order valence-electron chi connectivity index (χ2n) is 3.11. The predicted molar refractivity (Wildman–Crippen MR) is 45.1 cm³/mol. The molecule has 1 nitrogen and oxygen atoms in total. The fourth-order valence-corrected chi connectivity index (χ4v) is 1.81. The average Bonchev–Trinajstić information content (AvgIpc) is 2.52. The summed E-state index contributed by atoms with van der Waals surface area (Å²) in [7, 11) is 0. The predicted octanol–water partition coefficient (Wildman–Crippen LogP) is 3.15. The van der Waals surface area contributed by atoms with Gasteiger partial charge in [-0.3, -0.25) is 0 Å². The van der Waals surface area contributed by atoms with E-state index in [2.05, 4.69) is 0 Å². The molecule has 1 N–H and O–H groups in total. The van der Waals surface area contributed by atoms with Crippen molar-refractivity contribution in [1.29, 1.82) is 0 Å². The minimum Gasteiger partial charge on any atom is -0.373 e. The van der Waals surface area contributed by atoms with Gasteiger partial charge in [0, 0.05) is 11.3 Å². The van der Waals surface area contributed by atoms with Crippen LogP contribution in [0.5, 0.6) is 0 Å². The smallest absolute Gasteiger partial charge is 0.373 e. The van der Waals surface area contributed by atoms with Gasteiger partial charge >= 0.3 is 12.4 Å². The number of alkyl halides is 6. The fraction of sp³-hybridized carbons (Fsp3) is 0.500. The molecule has 0 aliphatic rings. The summed E-state index contributed by atoms with van der Waals surface area (Å²) in [5, 5.41) is 10.1. The van der Waals surface area contributed by atoms with Crippen molar-refractivity contribution >= 4 is 11.3 Å². The van der Waals surface area contributed by atoms with E-state index in [4.69, 9.17) is 5.11 Å². The Morgan fingerprint density at radius 1 is 1.06 bits per heavy atom. The van der Waals surface area contributed by atoms with E-state index in [0.29, 0.717) is 0 Å². The van der Waals surface area contributed by atoms with Crippen LogP contribution in [0.4, 0.5) is 26.3 Å². The Morgan fingerprint density at radius 2 is 1.56 bits per heavy atom. The molecule has 0 aromatic carbocycles. The van der Waals surface area contributed by atoms with Crippen LogP contribution >= 0.6 is 11.3 Å². The standard InChI is InChI=1S/C8H6F6OS/c9-7(10,11)6(15,8(12,13)14)4-5-2-1-3-16-5/h1-3,15H,4H2. The molecule has 1 aromatic heterocycles. The highest BCUT2D eigenvalue weighted by molar-refractivity contribution is 7.09. The Bertz CT molecular complexity index is 324. The summed E-state index contributed by atoms with van der Waals surface area (Å²) < 4.78 is 73.4. The van der Waals surface area contributed by atoms with Gasteiger partial charge in [0.2, 0.25) is 0 Å². The molecule has 16 heavy (non-hydrogen) atoms. The van der Waals surface area contributed by atoms with Gasteiger partial charge in [-0.15, -0.1) is 11.3 Å². The molecule has 1 aromatic rings. The largest absolute Gasteiger partial charge is 0.426 e. The first kappa shape index (κ1) is 13.3. The molecule has 0 radical (unpaired) electrons. The minimum absolute atomic E-state index is 0.183. The minimum atomic E-state index is -5.75. The molecule has 0 saturated carbocycles. The van der Waals surface area contributed by atoms with Crippen molar-refractivity contribution in [3.8, 4) is 0 Å². The monoisotopic (exact) mass is 264 g/mol. The lowest BCUT2D eigenvalue weighted by atomic mass is 9.97. The topological polar surface area (TPSA) is 20.2 Å². The van der Waals surface area contributed by atoms with E-state index in [1.165, 1.54) is 11.4 Å². The van der Waals surface area contributed by atoms with Crippen LogP contribution in [0.2, 0.25) is 0 Å². The van der Waals surface area contributed by atoms with Gasteiger partial charge < -0.3 is 5.11 Å². The number of rotatable bonds is 2. The Morgan fingerprint density at radius 3 is 1.88 bits per heavy atom. The Kier molecular flexibility index (Phi) is 3.26. The zero-order valence-corrected chi connectivity index (χ0v) is 8.38. The van der Waals surface area contributed by atoms with E-state index >= 15 is 0 Å². The zero-order chi connectivity index (χ0) is 12.6. The number of halogens is 6. The van der Waals surface area contributed by atoms with E-state index in [9.17, 15) is 26.3 Å². The summed E-state index contributed by atoms with van der Waals surface area (Å²) in [6, 6.07) is 2.42. The van der Waals surface area contributed by atoms with E-state index < -0.39 is 24.4 Å². The molecule has 1 rings (SSSR count). The van der Waals surface area contributed by atoms with Gasteiger partial charge in [-0.25, -0.2) is 0 Å². The number of hydrogen-bond acceptors (Lipinski definition) is 2. The Balaban J connectivity index is 3.07. The van der Waals surface area contributed by atoms with Crippen molar-refractivity contribution in [3.05, 3.63) is 22.4 Å². The van der Waals surface area contributed by atoms with Gasteiger partial charge in [-0.2, -0.15) is 26.3 Å². The third-order valence-corrected chi connectivity index (χ3v) is 2.82. The third-order valence-electron chi connectivity index (χ3n) is 1.95. The van der Waals surface area contributed by atoms with E-state index in [0.717, 1.165) is 17.4 Å². The summed E-state index contributed by atoms with van der Waals surface area (Å²) in [5.74, 6) is 0. The SMILES string of the molecule is OC(Cc1cccs1)(C(F)(F)F)C(F)(F)F. The molecule has 92 valence electrons. The first-order valence-corrected chi connectivity index (χ1v) is 4.84. The lowest BCUT2D eigenvalue weighted by molar-refractivity contribution is -0.367. The van der Waals surface area contributed by atoms with Gasteiger partial charge in [0.05, 0.1) is 0 Å². The van der Waals surface area contributed by atoms with E-state index in [1.54, 1.807) is 0 Å². The normalized spacial score (nSPS) is 14.2. The highest BCUT2D eigenvalue weighted by atomic mass is 32.1. The van der Waals surface area contributed by atoms with Crippen LogP contribution < -0.4 is 0 Å². The first-order valence-electron chi connectivity index (χ1n) is 3.96. The average molecular weight is 264 g/mol. The molecule has 0 aliphatic carbocycles. The Hall–Kier alpha value is -0.760. The molecule has 8 heteroatoms. The summed E-state index contributed by atoms with van der Waals surface area (Å²) in [5.41, 5.74) is -4.69. The highest BCUT2D eigenvalue weighted by Gasteiger charge is 2.70. The van der Waals surface area contributed by atoms with Gasteiger partial charge in [-0.05, 0) is 11.4 Å². The lowest BCUT2D eigenvalue weighted by Gasteiger charge is -2.31. The molecule has 0 unspecified atom stereocenters. The molecule has 0 atom stereocenters. The number of aliphatic hydroxyl groups is 1. The van der Waals surface area contributed by atoms with Gasteiger partial charge in [0.1, 0.15) is 0 Å². The lowest BCUT2D eigenvalue weighted by Crippen LogP contribution is -2.58. The fourth-order valence-electron chi connectivity index (χ4n) is 1.03. The van der Waals surface area contributed by atoms with Gasteiger partial charge in [0.25, 0.3) is 5.60 Å². The maximum Gasteiger partial charge on any atom is 0.426 e. The first-order chi connectivity index (χ1) is 7.08. The van der Waals surface area contributed by atoms with Crippen molar-refractivity contribution in [2.75, 3.05) is 0 Å². The molecule has 0 saturated heterocycles. The number of hydrogen-bond donors (Lipinski definition) is 1. The molecule has 0 fully saturated rings. The highest BCUT2D eigenvalue weighted by Crippen LogP contribution is 2.45. The van der Waals surface area contributed by atoms with Gasteiger partial charge in [-0.1, -0.05) is 6.07 Å². The summed E-state index contributed by atoms with van der Waals surface area (Å²) in [6.45, 7) is 0. The Labute approximate surface area is 90.3 Å². The third kappa shape index (κ3) is 2.32. The number of thiophene rings is 1. The molecule has 1 heterocycles. The van der Waals surface area contributed by atoms with Crippen LogP contribution in [0.1, 0.15) is 4.88 Å². The van der Waals surface area contributed by atoms with Crippen LogP contribution in [0, 0.1) is 0 Å². The van der Waals surface area contributed by atoms with E-state index in [1.807, 2.05) is 0 Å². The zero-order valence-electron chi connectivity index (χ0n) is 7.56. The van der Waals surface area contributed by atoms with Crippen molar-refractivity contribution < 1.29 is 31.4 Å². The van der Waals surface area contributed by atoms with Crippen LogP contribution in [0.3, 0.4) is 0 Å². The van der Waals surface area contributed by atoms with Crippen LogP contribution in [0.15, 0.2) is 17.5 Å². The van der Waals surface area contributed by atoms with Crippen LogP contribution in [-0.4, -0.2) is 23.1 Å².